The van der Waals surface area contributed by atoms with Gasteiger partial charge in [0, 0.05) is 10.2 Å². The summed E-state index contributed by atoms with van der Waals surface area (Å²) in [5.41, 5.74) is 6.93. The zero-order chi connectivity index (χ0) is 15.0. The van der Waals surface area contributed by atoms with Crippen molar-refractivity contribution < 1.29 is 9.53 Å². The zero-order valence-corrected chi connectivity index (χ0v) is 12.8. The summed E-state index contributed by atoms with van der Waals surface area (Å²) < 4.78 is 7.34. The molecule has 6 heteroatoms. The SMILES string of the molecule is COC(=O)c1ncn(-c2ccc3cc(Br)ccc3c2)c1N. The molecule has 0 radical (unpaired) electrons. The van der Waals surface area contributed by atoms with Crippen molar-refractivity contribution in [3.63, 3.8) is 0 Å². The minimum atomic E-state index is -0.545. The quantitative estimate of drug-likeness (QED) is 0.724. The smallest absolute Gasteiger partial charge is 0.360 e. The number of halogens is 1. The number of nitrogens with two attached hydrogens (primary N) is 1. The summed E-state index contributed by atoms with van der Waals surface area (Å²) in [7, 11) is 1.30. The number of anilines is 1. The molecule has 0 fully saturated rings. The Kier molecular flexibility index (Phi) is 3.39. The third-order valence-corrected chi connectivity index (χ3v) is 3.74. The average molecular weight is 346 g/mol. The van der Waals surface area contributed by atoms with Gasteiger partial charge in [-0.15, -0.1) is 0 Å². The second-order valence-electron chi connectivity index (χ2n) is 4.52. The third kappa shape index (κ3) is 2.38. The second kappa shape index (κ2) is 5.21. The molecular weight excluding hydrogens is 334 g/mol. The lowest BCUT2D eigenvalue weighted by Gasteiger charge is -2.07. The zero-order valence-electron chi connectivity index (χ0n) is 11.2. The Bertz CT molecular complexity index is 842. The Morgan fingerprint density at radius 3 is 2.71 bits per heavy atom. The van der Waals surface area contributed by atoms with Crippen molar-refractivity contribution in [3.8, 4) is 5.69 Å². The van der Waals surface area contributed by atoms with Crippen LogP contribution in [0, 0.1) is 0 Å². The minimum Gasteiger partial charge on any atom is -0.464 e. The van der Waals surface area contributed by atoms with E-state index in [-0.39, 0.29) is 11.5 Å². The van der Waals surface area contributed by atoms with E-state index in [9.17, 15) is 4.79 Å². The second-order valence-corrected chi connectivity index (χ2v) is 5.43. The van der Waals surface area contributed by atoms with Crippen molar-refractivity contribution in [1.29, 1.82) is 0 Å². The topological polar surface area (TPSA) is 70.1 Å². The first kappa shape index (κ1) is 13.6. The number of fused-ring (bicyclic) bond motifs is 1. The summed E-state index contributed by atoms with van der Waals surface area (Å²) in [5, 5.41) is 2.18. The van der Waals surface area contributed by atoms with Crippen LogP contribution in [0.2, 0.25) is 0 Å². The maximum Gasteiger partial charge on any atom is 0.360 e. The van der Waals surface area contributed by atoms with Crippen molar-refractivity contribution in [2.75, 3.05) is 12.8 Å². The first-order valence-corrected chi connectivity index (χ1v) is 7.00. The minimum absolute atomic E-state index is 0.119. The fourth-order valence-electron chi connectivity index (χ4n) is 2.17. The van der Waals surface area contributed by atoms with Gasteiger partial charge in [-0.3, -0.25) is 4.57 Å². The number of carbonyl (C=O) groups is 1. The average Bonchev–Trinajstić information content (AvgIpc) is 2.87. The summed E-state index contributed by atoms with van der Waals surface area (Å²) in [5.74, 6) is -0.283. The number of esters is 1. The van der Waals surface area contributed by atoms with Gasteiger partial charge in [-0.05, 0) is 35.0 Å². The Morgan fingerprint density at radius 1 is 1.24 bits per heavy atom. The van der Waals surface area contributed by atoms with Gasteiger partial charge in [0.05, 0.1) is 7.11 Å². The highest BCUT2D eigenvalue weighted by molar-refractivity contribution is 9.10. The molecule has 2 aromatic carbocycles. The number of rotatable bonds is 2. The van der Waals surface area contributed by atoms with Crippen molar-refractivity contribution >= 4 is 38.5 Å². The van der Waals surface area contributed by atoms with E-state index >= 15 is 0 Å². The monoisotopic (exact) mass is 345 g/mol. The number of hydrogen-bond acceptors (Lipinski definition) is 4. The van der Waals surface area contributed by atoms with Crippen LogP contribution in [0.1, 0.15) is 10.5 Å². The lowest BCUT2D eigenvalue weighted by Crippen LogP contribution is -2.07. The van der Waals surface area contributed by atoms with Crippen LogP contribution < -0.4 is 5.73 Å². The van der Waals surface area contributed by atoms with Gasteiger partial charge in [-0.25, -0.2) is 9.78 Å². The number of aromatic nitrogens is 2. The molecule has 0 bridgehead atoms. The van der Waals surface area contributed by atoms with Gasteiger partial charge in [0.25, 0.3) is 0 Å². The predicted molar refractivity (Wildman–Crippen MR) is 84.5 cm³/mol. The summed E-state index contributed by atoms with van der Waals surface area (Å²) in [6, 6.07) is 11.9. The fraction of sp³-hybridized carbons (Fsp3) is 0.0667. The molecule has 0 spiro atoms. The number of imidazole rings is 1. The summed E-state index contributed by atoms with van der Waals surface area (Å²) >= 11 is 3.45. The van der Waals surface area contributed by atoms with Crippen LogP contribution in [0.25, 0.3) is 16.5 Å². The summed E-state index contributed by atoms with van der Waals surface area (Å²) in [4.78, 5) is 15.6. The van der Waals surface area contributed by atoms with Crippen molar-refractivity contribution in [3.05, 3.63) is 52.9 Å². The molecule has 0 unspecified atom stereocenters. The van der Waals surface area contributed by atoms with E-state index in [0.717, 1.165) is 20.9 Å². The fourth-order valence-corrected chi connectivity index (χ4v) is 2.55. The highest BCUT2D eigenvalue weighted by Gasteiger charge is 2.16. The van der Waals surface area contributed by atoms with Gasteiger partial charge in [-0.1, -0.05) is 28.1 Å². The van der Waals surface area contributed by atoms with E-state index in [0.29, 0.717) is 0 Å². The van der Waals surface area contributed by atoms with E-state index in [1.165, 1.54) is 13.4 Å². The van der Waals surface area contributed by atoms with E-state index in [1.807, 2.05) is 36.4 Å². The molecule has 0 amide bonds. The van der Waals surface area contributed by atoms with E-state index in [1.54, 1.807) is 4.57 Å². The Morgan fingerprint density at radius 2 is 1.95 bits per heavy atom. The largest absolute Gasteiger partial charge is 0.464 e. The molecule has 0 aliphatic heterocycles. The first-order chi connectivity index (χ1) is 10.1. The van der Waals surface area contributed by atoms with Gasteiger partial charge in [0.1, 0.15) is 12.1 Å². The number of nitrogen functional groups attached to an aromatic ring is 1. The maximum atomic E-state index is 11.5. The Balaban J connectivity index is 2.10. The molecule has 2 N–H and O–H groups in total. The highest BCUT2D eigenvalue weighted by Crippen LogP contribution is 2.24. The molecule has 1 heterocycles. The molecule has 0 aliphatic carbocycles. The Labute approximate surface area is 129 Å². The lowest BCUT2D eigenvalue weighted by atomic mass is 10.1. The molecule has 5 nitrogen and oxygen atoms in total. The molecular formula is C15H12BrN3O2. The molecule has 0 atom stereocenters. The predicted octanol–water partition coefficient (Wildman–Crippen LogP) is 3.16. The van der Waals surface area contributed by atoms with Crippen LogP contribution in [0.5, 0.6) is 0 Å². The third-order valence-electron chi connectivity index (χ3n) is 3.25. The number of methoxy groups -OCH3 is 1. The van der Waals surface area contributed by atoms with Crippen LogP contribution >= 0.6 is 15.9 Å². The first-order valence-electron chi connectivity index (χ1n) is 6.21. The van der Waals surface area contributed by atoms with Gasteiger partial charge in [-0.2, -0.15) is 0 Å². The number of ether oxygens (including phenoxy) is 1. The van der Waals surface area contributed by atoms with Gasteiger partial charge in [0.2, 0.25) is 0 Å². The molecule has 21 heavy (non-hydrogen) atoms. The number of nitrogens with zero attached hydrogens (tertiary/aromatic N) is 2. The van der Waals surface area contributed by atoms with Crippen molar-refractivity contribution in [2.24, 2.45) is 0 Å². The molecule has 0 saturated carbocycles. The molecule has 0 aliphatic rings. The number of carbonyl (C=O) groups excluding carboxylic acids is 1. The van der Waals surface area contributed by atoms with Crippen molar-refractivity contribution in [2.45, 2.75) is 0 Å². The highest BCUT2D eigenvalue weighted by atomic mass is 79.9. The van der Waals surface area contributed by atoms with Crippen LogP contribution in [0.15, 0.2) is 47.2 Å². The van der Waals surface area contributed by atoms with Gasteiger partial charge < -0.3 is 10.5 Å². The normalized spacial score (nSPS) is 10.8. The van der Waals surface area contributed by atoms with Gasteiger partial charge in [0.15, 0.2) is 5.69 Å². The molecule has 0 saturated heterocycles. The van der Waals surface area contributed by atoms with E-state index in [2.05, 4.69) is 25.7 Å². The molecule has 106 valence electrons. The molecule has 3 aromatic rings. The lowest BCUT2D eigenvalue weighted by molar-refractivity contribution is 0.0596. The van der Waals surface area contributed by atoms with Crippen LogP contribution in [-0.4, -0.2) is 22.6 Å². The van der Waals surface area contributed by atoms with Crippen LogP contribution in [0.4, 0.5) is 5.82 Å². The number of hydrogen-bond donors (Lipinski definition) is 1. The van der Waals surface area contributed by atoms with Crippen LogP contribution in [-0.2, 0) is 4.74 Å². The number of benzene rings is 2. The van der Waals surface area contributed by atoms with Crippen molar-refractivity contribution in [1.82, 2.24) is 9.55 Å². The molecule has 1 aromatic heterocycles. The Hall–Kier alpha value is -2.34. The van der Waals surface area contributed by atoms with Crippen LogP contribution in [0.3, 0.4) is 0 Å². The van der Waals surface area contributed by atoms with Gasteiger partial charge >= 0.3 is 5.97 Å². The van der Waals surface area contributed by atoms with E-state index < -0.39 is 5.97 Å². The standard InChI is InChI=1S/C15H12BrN3O2/c1-21-15(20)13-14(17)19(8-18-13)12-5-3-9-6-11(16)4-2-10(9)7-12/h2-8H,17H2,1H3. The summed E-state index contributed by atoms with van der Waals surface area (Å²) in [6.07, 6.45) is 1.52. The summed E-state index contributed by atoms with van der Waals surface area (Å²) in [6.45, 7) is 0. The van der Waals surface area contributed by atoms with E-state index in [4.69, 9.17) is 5.73 Å². The maximum absolute atomic E-state index is 11.5. The molecule has 3 rings (SSSR count).